The Morgan fingerprint density at radius 3 is 2.38 bits per heavy atom. The van der Waals surface area contributed by atoms with E-state index in [1.165, 1.54) is 12.1 Å². The summed E-state index contributed by atoms with van der Waals surface area (Å²) >= 11 is 0. The zero-order valence-corrected chi connectivity index (χ0v) is 7.26. The summed E-state index contributed by atoms with van der Waals surface area (Å²) in [5, 5.41) is 0. The highest BCUT2D eigenvalue weighted by atomic mass is 19.2. The molecule has 0 fully saturated rings. The van der Waals surface area contributed by atoms with E-state index in [1.54, 1.807) is 25.1 Å². The van der Waals surface area contributed by atoms with Gasteiger partial charge in [-0.1, -0.05) is 30.3 Å². The summed E-state index contributed by atoms with van der Waals surface area (Å²) in [6.45, 7) is 1.71. The van der Waals surface area contributed by atoms with Gasteiger partial charge in [-0.05, 0) is 6.92 Å². The van der Waals surface area contributed by atoms with E-state index in [-0.39, 0.29) is 12.2 Å². The highest BCUT2D eigenvalue weighted by Gasteiger charge is 2.08. The molecule has 0 bridgehead atoms. The van der Waals surface area contributed by atoms with Crippen LogP contribution in [0.3, 0.4) is 0 Å². The normalized spacial score (nSPS) is 12.2. The van der Waals surface area contributed by atoms with Crippen molar-refractivity contribution >= 4 is 5.83 Å². The van der Waals surface area contributed by atoms with Crippen LogP contribution in [0.15, 0.2) is 36.3 Å². The van der Waals surface area contributed by atoms with Gasteiger partial charge < -0.3 is 4.74 Å². The molecule has 0 aromatic heterocycles. The maximum absolute atomic E-state index is 13.1. The molecule has 3 heteroatoms. The molecule has 0 aliphatic heterocycles. The summed E-state index contributed by atoms with van der Waals surface area (Å²) < 4.78 is 30.3. The van der Waals surface area contributed by atoms with Gasteiger partial charge in [-0.3, -0.25) is 0 Å². The highest BCUT2D eigenvalue weighted by Crippen LogP contribution is 2.21. The molecule has 1 nitrogen and oxygen atoms in total. The summed E-state index contributed by atoms with van der Waals surface area (Å²) in [6, 6.07) is 6.80. The number of hydrogen-bond acceptors (Lipinski definition) is 1. The quantitative estimate of drug-likeness (QED) is 0.655. The lowest BCUT2D eigenvalue weighted by Crippen LogP contribution is -1.88. The van der Waals surface area contributed by atoms with E-state index in [4.69, 9.17) is 0 Å². The third kappa shape index (κ3) is 2.54. The van der Waals surface area contributed by atoms with Crippen LogP contribution < -0.4 is 0 Å². The number of hydrogen-bond donors (Lipinski definition) is 0. The predicted molar refractivity (Wildman–Crippen MR) is 47.2 cm³/mol. The number of benzene rings is 1. The highest BCUT2D eigenvalue weighted by molar-refractivity contribution is 5.59. The van der Waals surface area contributed by atoms with E-state index in [2.05, 4.69) is 4.74 Å². The van der Waals surface area contributed by atoms with E-state index in [0.717, 1.165) is 0 Å². The molecule has 0 N–H and O–H groups in total. The summed E-state index contributed by atoms with van der Waals surface area (Å²) in [7, 11) is 0. The van der Waals surface area contributed by atoms with Gasteiger partial charge in [0.1, 0.15) is 0 Å². The predicted octanol–water partition coefficient (Wildman–Crippen LogP) is 3.29. The number of ether oxygens (including phenoxy) is 1. The molecule has 0 aliphatic rings. The van der Waals surface area contributed by atoms with Crippen LogP contribution in [-0.2, 0) is 4.74 Å². The Labute approximate surface area is 75.6 Å². The summed E-state index contributed by atoms with van der Waals surface area (Å²) in [5.41, 5.74) is 0.188. The van der Waals surface area contributed by atoms with Crippen molar-refractivity contribution in [3.63, 3.8) is 0 Å². The van der Waals surface area contributed by atoms with Gasteiger partial charge in [0.25, 0.3) is 0 Å². The Morgan fingerprint density at radius 1 is 1.23 bits per heavy atom. The first-order chi connectivity index (χ1) is 6.25. The molecule has 1 aromatic rings. The van der Waals surface area contributed by atoms with Crippen molar-refractivity contribution < 1.29 is 13.5 Å². The van der Waals surface area contributed by atoms with Crippen molar-refractivity contribution in [2.45, 2.75) is 6.92 Å². The molecule has 0 saturated carbocycles. The lowest BCUT2D eigenvalue weighted by molar-refractivity contribution is 0.156. The summed E-state index contributed by atoms with van der Waals surface area (Å²) in [6.07, 6.45) is 0. The zero-order valence-electron chi connectivity index (χ0n) is 7.26. The molecule has 1 rings (SSSR count). The van der Waals surface area contributed by atoms with Crippen LogP contribution in [0.4, 0.5) is 8.78 Å². The van der Waals surface area contributed by atoms with Gasteiger partial charge in [0, 0.05) is 5.56 Å². The maximum atomic E-state index is 13.1. The van der Waals surface area contributed by atoms with E-state index >= 15 is 0 Å². The van der Waals surface area contributed by atoms with Gasteiger partial charge in [0.05, 0.1) is 6.61 Å². The average molecular weight is 184 g/mol. The fourth-order valence-electron chi connectivity index (χ4n) is 0.888. The lowest BCUT2D eigenvalue weighted by atomic mass is 10.2. The molecule has 1 aromatic carbocycles. The van der Waals surface area contributed by atoms with Crippen molar-refractivity contribution in [1.29, 1.82) is 0 Å². The van der Waals surface area contributed by atoms with Crippen molar-refractivity contribution in [3.8, 4) is 0 Å². The first kappa shape index (κ1) is 9.71. The second kappa shape index (κ2) is 4.60. The molecule has 0 aliphatic carbocycles. The Hall–Kier alpha value is -1.38. The third-order valence-electron chi connectivity index (χ3n) is 1.47. The zero-order chi connectivity index (χ0) is 9.68. The Bertz CT molecular complexity index is 293. The minimum absolute atomic E-state index is 0.117. The Kier molecular flexibility index (Phi) is 3.43. The molecule has 0 unspecified atom stereocenters. The average Bonchev–Trinajstić information content (AvgIpc) is 2.18. The molecule has 0 radical (unpaired) electrons. The molecular weight excluding hydrogens is 174 g/mol. The van der Waals surface area contributed by atoms with E-state index in [0.29, 0.717) is 0 Å². The maximum Gasteiger partial charge on any atom is 0.309 e. The van der Waals surface area contributed by atoms with Crippen molar-refractivity contribution in [3.05, 3.63) is 41.9 Å². The fraction of sp³-hybridized carbons (Fsp3) is 0.200. The van der Waals surface area contributed by atoms with E-state index in [1.807, 2.05) is 0 Å². The van der Waals surface area contributed by atoms with Crippen molar-refractivity contribution in [2.24, 2.45) is 0 Å². The first-order valence-electron chi connectivity index (χ1n) is 3.99. The minimum atomic E-state index is -1.16. The lowest BCUT2D eigenvalue weighted by Gasteiger charge is -2.01. The van der Waals surface area contributed by atoms with Gasteiger partial charge in [0.2, 0.25) is 5.83 Å². The van der Waals surface area contributed by atoms with E-state index in [9.17, 15) is 8.78 Å². The molecule has 0 atom stereocenters. The largest absolute Gasteiger partial charge is 0.469 e. The first-order valence-corrected chi connectivity index (χ1v) is 3.99. The van der Waals surface area contributed by atoms with Crippen LogP contribution in [0.2, 0.25) is 0 Å². The number of halogens is 2. The molecule has 0 amide bonds. The SMILES string of the molecule is CCO/C(F)=C(/F)c1ccccc1. The smallest absolute Gasteiger partial charge is 0.309 e. The van der Waals surface area contributed by atoms with Gasteiger partial charge in [-0.25, -0.2) is 0 Å². The topological polar surface area (TPSA) is 9.23 Å². The second-order valence-corrected chi connectivity index (χ2v) is 2.39. The molecule has 0 heterocycles. The van der Waals surface area contributed by atoms with E-state index < -0.39 is 11.8 Å². The molecule has 70 valence electrons. The van der Waals surface area contributed by atoms with Crippen LogP contribution in [0.25, 0.3) is 5.83 Å². The summed E-state index contributed by atoms with van der Waals surface area (Å²) in [5.74, 6) is -0.956. The fourth-order valence-corrected chi connectivity index (χ4v) is 0.888. The molecule has 0 saturated heterocycles. The third-order valence-corrected chi connectivity index (χ3v) is 1.47. The minimum Gasteiger partial charge on any atom is -0.469 e. The molecule has 13 heavy (non-hydrogen) atoms. The Morgan fingerprint density at radius 2 is 1.85 bits per heavy atom. The second-order valence-electron chi connectivity index (χ2n) is 2.39. The monoisotopic (exact) mass is 184 g/mol. The van der Waals surface area contributed by atoms with Crippen LogP contribution in [0.5, 0.6) is 0 Å². The van der Waals surface area contributed by atoms with Crippen LogP contribution in [-0.4, -0.2) is 6.61 Å². The van der Waals surface area contributed by atoms with Gasteiger partial charge >= 0.3 is 6.01 Å². The molecular formula is C10H10F2O. The van der Waals surface area contributed by atoms with Crippen molar-refractivity contribution in [1.82, 2.24) is 0 Å². The summed E-state index contributed by atoms with van der Waals surface area (Å²) in [4.78, 5) is 0. The standard InChI is InChI=1S/C10H10F2O/c1-2-13-10(12)9(11)8-6-4-3-5-7-8/h3-7H,2H2,1H3/b10-9+. The van der Waals surface area contributed by atoms with Crippen LogP contribution >= 0.6 is 0 Å². The van der Waals surface area contributed by atoms with Gasteiger partial charge in [0.15, 0.2) is 0 Å². The van der Waals surface area contributed by atoms with Crippen molar-refractivity contribution in [2.75, 3.05) is 6.61 Å². The van der Waals surface area contributed by atoms with Gasteiger partial charge in [-0.15, -0.1) is 0 Å². The van der Waals surface area contributed by atoms with Crippen LogP contribution in [0, 0.1) is 0 Å². The molecule has 0 spiro atoms. The van der Waals surface area contributed by atoms with Crippen LogP contribution in [0.1, 0.15) is 12.5 Å². The van der Waals surface area contributed by atoms with Gasteiger partial charge in [-0.2, -0.15) is 8.78 Å². The Balaban J connectivity index is 2.89. The number of rotatable bonds is 3.